The fourth-order valence-corrected chi connectivity index (χ4v) is 5.93. The van der Waals surface area contributed by atoms with Crippen LogP contribution in [-0.4, -0.2) is 31.7 Å². The van der Waals surface area contributed by atoms with Crippen molar-refractivity contribution in [1.82, 2.24) is 9.99 Å². The highest BCUT2D eigenvalue weighted by Crippen LogP contribution is 2.27. The maximum absolute atomic E-state index is 13.6. The van der Waals surface area contributed by atoms with E-state index in [-0.39, 0.29) is 4.90 Å². The molecular weight excluding hydrogens is 532 g/mol. The third-order valence-electron chi connectivity index (χ3n) is 6.63. The molecule has 1 heterocycles. The molecule has 0 spiro atoms. The predicted octanol–water partition coefficient (Wildman–Crippen LogP) is 6.02. The van der Waals surface area contributed by atoms with Gasteiger partial charge in [0.1, 0.15) is 6.54 Å². The quantitative estimate of drug-likeness (QED) is 0.210. The van der Waals surface area contributed by atoms with Crippen LogP contribution in [0.4, 0.5) is 5.69 Å². The number of aryl methyl sites for hydroxylation is 4. The minimum absolute atomic E-state index is 0.106. The van der Waals surface area contributed by atoms with Crippen LogP contribution in [0.25, 0.3) is 5.69 Å². The van der Waals surface area contributed by atoms with Gasteiger partial charge in [-0.1, -0.05) is 47.5 Å². The maximum Gasteiger partial charge on any atom is 0.264 e. The summed E-state index contributed by atoms with van der Waals surface area (Å²) in [5.41, 5.74) is 9.28. The molecule has 0 radical (unpaired) electrons. The molecule has 202 valence electrons. The van der Waals surface area contributed by atoms with Gasteiger partial charge in [0, 0.05) is 17.0 Å². The lowest BCUT2D eigenvalue weighted by Crippen LogP contribution is -2.39. The SMILES string of the molecule is Cc1ccc(S(=O)(=O)N(CC(=O)N/N=C\c2cc(C)n(-c3ccccc3Cl)c2C)c2ccc(C)c(C)c2)cc1. The first-order chi connectivity index (χ1) is 18.5. The standard InChI is InChI=1S/C30H31ClN4O3S/c1-20-10-14-27(15-11-20)39(37,38)34(26-13-12-21(2)22(3)16-26)19-30(36)33-32-18-25-17-23(4)35(24(25)5)29-9-7-6-8-28(29)31/h6-18H,19H2,1-5H3,(H,33,36)/b32-18-. The van der Waals surface area contributed by atoms with Gasteiger partial charge in [0.2, 0.25) is 0 Å². The van der Waals surface area contributed by atoms with Gasteiger partial charge in [-0.3, -0.25) is 9.10 Å². The second-order valence-corrected chi connectivity index (χ2v) is 11.8. The van der Waals surface area contributed by atoms with Gasteiger partial charge in [-0.15, -0.1) is 0 Å². The van der Waals surface area contributed by atoms with Gasteiger partial charge in [-0.05, 0) is 88.2 Å². The minimum atomic E-state index is -4.01. The van der Waals surface area contributed by atoms with Crippen LogP contribution < -0.4 is 9.73 Å². The van der Waals surface area contributed by atoms with Crippen LogP contribution in [0.1, 0.15) is 33.6 Å². The van der Waals surface area contributed by atoms with Crippen LogP contribution in [0.2, 0.25) is 5.02 Å². The molecule has 1 N–H and O–H groups in total. The Morgan fingerprint density at radius 2 is 1.64 bits per heavy atom. The smallest absolute Gasteiger partial charge is 0.264 e. The molecule has 1 aromatic heterocycles. The van der Waals surface area contributed by atoms with E-state index in [1.54, 1.807) is 42.6 Å². The number of halogens is 1. The molecule has 0 atom stereocenters. The number of carbonyl (C=O) groups excluding carboxylic acids is 1. The average molecular weight is 563 g/mol. The van der Waals surface area contributed by atoms with Gasteiger partial charge in [0.05, 0.1) is 27.5 Å². The molecule has 39 heavy (non-hydrogen) atoms. The number of nitrogens with one attached hydrogen (secondary N) is 1. The summed E-state index contributed by atoms with van der Waals surface area (Å²) in [6, 6.07) is 21.4. The Labute approximate surface area is 234 Å². The van der Waals surface area contributed by atoms with E-state index in [1.165, 1.54) is 0 Å². The van der Waals surface area contributed by atoms with E-state index in [4.69, 9.17) is 11.6 Å². The topological polar surface area (TPSA) is 83.8 Å². The molecule has 0 bridgehead atoms. The van der Waals surface area contributed by atoms with Gasteiger partial charge in [-0.2, -0.15) is 5.10 Å². The number of carbonyl (C=O) groups is 1. The van der Waals surface area contributed by atoms with Crippen molar-refractivity contribution in [3.8, 4) is 5.69 Å². The Morgan fingerprint density at radius 1 is 0.949 bits per heavy atom. The first-order valence-corrected chi connectivity index (χ1v) is 14.2. The van der Waals surface area contributed by atoms with Crippen molar-refractivity contribution in [3.05, 3.63) is 111 Å². The Morgan fingerprint density at radius 3 is 2.31 bits per heavy atom. The second kappa shape index (κ2) is 11.5. The summed E-state index contributed by atoms with van der Waals surface area (Å²) < 4.78 is 30.3. The number of hydrazone groups is 1. The second-order valence-electron chi connectivity index (χ2n) is 9.50. The normalized spacial score (nSPS) is 11.6. The highest BCUT2D eigenvalue weighted by atomic mass is 35.5. The summed E-state index contributed by atoms with van der Waals surface area (Å²) in [5.74, 6) is -0.569. The fourth-order valence-electron chi connectivity index (χ4n) is 4.29. The van der Waals surface area contributed by atoms with E-state index in [0.717, 1.165) is 43.6 Å². The van der Waals surface area contributed by atoms with E-state index >= 15 is 0 Å². The van der Waals surface area contributed by atoms with Crippen molar-refractivity contribution < 1.29 is 13.2 Å². The zero-order valence-corrected chi connectivity index (χ0v) is 24.1. The van der Waals surface area contributed by atoms with Crippen LogP contribution in [-0.2, 0) is 14.8 Å². The van der Waals surface area contributed by atoms with Gasteiger partial charge in [-0.25, -0.2) is 13.8 Å². The van der Waals surface area contributed by atoms with Crippen LogP contribution in [0.15, 0.2) is 82.8 Å². The van der Waals surface area contributed by atoms with Crippen LogP contribution in [0.5, 0.6) is 0 Å². The highest BCUT2D eigenvalue weighted by Gasteiger charge is 2.27. The maximum atomic E-state index is 13.6. The zero-order valence-electron chi connectivity index (χ0n) is 22.6. The number of anilines is 1. The van der Waals surface area contributed by atoms with Gasteiger partial charge in [0.25, 0.3) is 15.9 Å². The Hall–Kier alpha value is -3.88. The molecule has 0 saturated carbocycles. The molecule has 0 aliphatic rings. The number of para-hydroxylation sites is 1. The Bertz CT molecular complexity index is 1660. The number of sulfonamides is 1. The molecule has 0 saturated heterocycles. The molecule has 9 heteroatoms. The third-order valence-corrected chi connectivity index (χ3v) is 8.74. The zero-order chi connectivity index (χ0) is 28.3. The highest BCUT2D eigenvalue weighted by molar-refractivity contribution is 7.92. The van der Waals surface area contributed by atoms with Crippen LogP contribution >= 0.6 is 11.6 Å². The van der Waals surface area contributed by atoms with E-state index in [1.807, 2.05) is 75.6 Å². The first kappa shape index (κ1) is 28.1. The molecule has 0 unspecified atom stereocenters. The number of rotatable bonds is 8. The van der Waals surface area contributed by atoms with E-state index in [2.05, 4.69) is 10.5 Å². The number of amides is 1. The van der Waals surface area contributed by atoms with Crippen LogP contribution in [0.3, 0.4) is 0 Å². The van der Waals surface area contributed by atoms with Crippen molar-refractivity contribution in [2.75, 3.05) is 10.8 Å². The Kier molecular flexibility index (Phi) is 8.28. The molecule has 1 amide bonds. The lowest BCUT2D eigenvalue weighted by molar-refractivity contribution is -0.119. The molecule has 3 aromatic carbocycles. The molecule has 4 rings (SSSR count). The minimum Gasteiger partial charge on any atom is -0.316 e. The van der Waals surface area contributed by atoms with Gasteiger partial charge >= 0.3 is 0 Å². The molecule has 0 aliphatic carbocycles. The Balaban J connectivity index is 1.58. The molecular formula is C30H31ClN4O3S. The predicted molar refractivity (Wildman–Crippen MR) is 158 cm³/mol. The van der Waals surface area contributed by atoms with E-state index < -0.39 is 22.5 Å². The summed E-state index contributed by atoms with van der Waals surface area (Å²) in [7, 11) is -4.01. The number of hydrogen-bond donors (Lipinski definition) is 1. The van der Waals surface area contributed by atoms with Crippen molar-refractivity contribution in [2.45, 2.75) is 39.5 Å². The molecule has 4 aromatic rings. The lowest BCUT2D eigenvalue weighted by atomic mass is 10.1. The number of hydrogen-bond acceptors (Lipinski definition) is 4. The third kappa shape index (κ3) is 6.08. The summed E-state index contributed by atoms with van der Waals surface area (Å²) in [6.07, 6.45) is 1.54. The molecule has 7 nitrogen and oxygen atoms in total. The first-order valence-electron chi connectivity index (χ1n) is 12.4. The number of aromatic nitrogens is 1. The van der Waals surface area contributed by atoms with Crippen LogP contribution in [0, 0.1) is 34.6 Å². The average Bonchev–Trinajstić information content (AvgIpc) is 3.17. The fraction of sp³-hybridized carbons (Fsp3) is 0.200. The number of nitrogens with zero attached hydrogens (tertiary/aromatic N) is 3. The summed E-state index contributed by atoms with van der Waals surface area (Å²) in [6.45, 7) is 9.20. The monoisotopic (exact) mass is 562 g/mol. The van der Waals surface area contributed by atoms with E-state index in [9.17, 15) is 13.2 Å². The van der Waals surface area contributed by atoms with E-state index in [0.29, 0.717) is 10.7 Å². The number of benzene rings is 3. The lowest BCUT2D eigenvalue weighted by Gasteiger charge is -2.24. The van der Waals surface area contributed by atoms with Crippen molar-refractivity contribution in [1.29, 1.82) is 0 Å². The molecule has 0 aliphatic heterocycles. The van der Waals surface area contributed by atoms with Gasteiger partial charge < -0.3 is 4.57 Å². The van der Waals surface area contributed by atoms with Crippen molar-refractivity contribution in [2.24, 2.45) is 5.10 Å². The van der Waals surface area contributed by atoms with Gasteiger partial charge in [0.15, 0.2) is 0 Å². The summed E-state index contributed by atoms with van der Waals surface area (Å²) in [5, 5.41) is 4.75. The largest absolute Gasteiger partial charge is 0.316 e. The van der Waals surface area contributed by atoms with Crippen molar-refractivity contribution >= 4 is 39.4 Å². The summed E-state index contributed by atoms with van der Waals surface area (Å²) in [4.78, 5) is 13.1. The van der Waals surface area contributed by atoms with Crippen molar-refractivity contribution in [3.63, 3.8) is 0 Å². The summed E-state index contributed by atoms with van der Waals surface area (Å²) >= 11 is 6.40. The molecule has 0 fully saturated rings.